The molecule has 226 valence electrons. The van der Waals surface area contributed by atoms with Gasteiger partial charge in [-0.15, -0.1) is 0 Å². The summed E-state index contributed by atoms with van der Waals surface area (Å²) in [6.45, 7) is 41.9. The molecule has 0 unspecified atom stereocenters. The summed E-state index contributed by atoms with van der Waals surface area (Å²) in [6.07, 6.45) is -0.344. The summed E-state index contributed by atoms with van der Waals surface area (Å²) in [6, 6.07) is 0. The lowest BCUT2D eigenvalue weighted by atomic mass is 9.84. The van der Waals surface area contributed by atoms with Crippen molar-refractivity contribution in [2.24, 2.45) is 46.3 Å². The Hall–Kier alpha value is -0.210. The molecule has 0 aliphatic heterocycles. The van der Waals surface area contributed by atoms with Gasteiger partial charge in [-0.05, 0) is 59.2 Å². The van der Waals surface area contributed by atoms with Crippen LogP contribution in [0.3, 0.4) is 0 Å². The number of rotatable bonds is 6. The molecule has 0 bridgehead atoms. The molecule has 0 spiro atoms. The van der Waals surface area contributed by atoms with Crippen LogP contribution in [0.2, 0.25) is 0 Å². The van der Waals surface area contributed by atoms with Crippen LogP contribution in [0.25, 0.3) is 0 Å². The Labute approximate surface area is 229 Å². The van der Waals surface area contributed by atoms with E-state index in [9.17, 15) is 13.2 Å². The zero-order chi connectivity index (χ0) is 30.5. The lowest BCUT2D eigenvalue weighted by molar-refractivity contribution is -0.137. The third-order valence-corrected chi connectivity index (χ3v) is 5.96. The Bertz CT molecular complexity index is 408. The van der Waals surface area contributed by atoms with Gasteiger partial charge in [0.05, 0.1) is 0 Å². The summed E-state index contributed by atoms with van der Waals surface area (Å²) in [7, 11) is 0. The lowest BCUT2D eigenvalue weighted by Crippen LogP contribution is -2.12. The fourth-order valence-corrected chi connectivity index (χ4v) is 2.25. The van der Waals surface area contributed by atoms with Crippen molar-refractivity contribution >= 4 is 0 Å². The molecular weight excluding hydrogens is 453 g/mol. The molecule has 0 aliphatic rings. The fourth-order valence-electron chi connectivity index (χ4n) is 2.25. The van der Waals surface area contributed by atoms with Crippen LogP contribution >= 0.6 is 0 Å². The van der Waals surface area contributed by atoms with E-state index >= 15 is 0 Å². The predicted molar refractivity (Wildman–Crippen MR) is 163 cm³/mol. The maximum absolute atomic E-state index is 11.4. The van der Waals surface area contributed by atoms with Gasteiger partial charge in [0.2, 0.25) is 0 Å². The molecule has 0 amide bonds. The average molecular weight is 527 g/mol. The third-order valence-electron chi connectivity index (χ3n) is 5.96. The van der Waals surface area contributed by atoms with E-state index in [1.165, 1.54) is 19.3 Å². The van der Waals surface area contributed by atoms with E-state index in [0.717, 1.165) is 29.6 Å². The molecule has 0 aromatic heterocycles. The molecule has 0 N–H and O–H groups in total. The van der Waals surface area contributed by atoms with Crippen LogP contribution < -0.4 is 0 Å². The quantitative estimate of drug-likeness (QED) is 0.323. The van der Waals surface area contributed by atoms with Crippen molar-refractivity contribution < 1.29 is 13.2 Å². The molecule has 0 saturated carbocycles. The molecule has 0 atom stereocenters. The van der Waals surface area contributed by atoms with Crippen LogP contribution in [0.1, 0.15) is 164 Å². The van der Waals surface area contributed by atoms with Gasteiger partial charge >= 0.3 is 6.18 Å². The SMILES string of the molecule is CC(C)C(C)(C)C.CC(C)C(C)C.CC(C)CC(C)(C)C.CC(C)CCC(F)(F)F.CCCC(C)C. The highest BCUT2D eigenvalue weighted by Gasteiger charge is 2.26. The van der Waals surface area contributed by atoms with Crippen LogP contribution in [0, 0.1) is 46.3 Å². The molecule has 0 aliphatic carbocycles. The van der Waals surface area contributed by atoms with Crippen molar-refractivity contribution in [3.05, 3.63) is 0 Å². The molecule has 0 nitrogen and oxygen atoms in total. The summed E-state index contributed by atoms with van der Waals surface area (Å²) >= 11 is 0. The molecule has 0 rings (SSSR count). The van der Waals surface area contributed by atoms with Crippen molar-refractivity contribution in [2.75, 3.05) is 0 Å². The molecule has 36 heavy (non-hydrogen) atoms. The van der Waals surface area contributed by atoms with E-state index in [0.29, 0.717) is 10.8 Å². The third kappa shape index (κ3) is 64.2. The maximum Gasteiger partial charge on any atom is 0.389 e. The van der Waals surface area contributed by atoms with Crippen molar-refractivity contribution in [1.29, 1.82) is 0 Å². The summed E-state index contributed by atoms with van der Waals surface area (Å²) in [5.74, 6) is 4.39. The van der Waals surface area contributed by atoms with Gasteiger partial charge in [0.15, 0.2) is 0 Å². The highest BCUT2D eigenvalue weighted by atomic mass is 19.4. The maximum atomic E-state index is 11.4. The first-order chi connectivity index (χ1) is 15.7. The van der Waals surface area contributed by atoms with E-state index in [2.05, 4.69) is 118 Å². The smallest absolute Gasteiger partial charge is 0.171 e. The minimum atomic E-state index is -3.97. The Morgan fingerprint density at radius 2 is 0.833 bits per heavy atom. The van der Waals surface area contributed by atoms with E-state index in [4.69, 9.17) is 0 Å². The fraction of sp³-hybridized carbons (Fsp3) is 1.00. The van der Waals surface area contributed by atoms with Crippen molar-refractivity contribution in [1.82, 2.24) is 0 Å². The van der Waals surface area contributed by atoms with Gasteiger partial charge < -0.3 is 0 Å². The number of hydrogen-bond acceptors (Lipinski definition) is 0. The van der Waals surface area contributed by atoms with Crippen LogP contribution in [0.4, 0.5) is 13.2 Å². The van der Waals surface area contributed by atoms with E-state index in [1.54, 1.807) is 13.8 Å². The van der Waals surface area contributed by atoms with Crippen molar-refractivity contribution in [2.45, 2.75) is 170 Å². The number of alkyl halides is 3. The summed E-state index contributed by atoms with van der Waals surface area (Å²) in [4.78, 5) is 0. The number of hydrogen-bond donors (Lipinski definition) is 0. The highest BCUT2D eigenvalue weighted by molar-refractivity contribution is 4.64. The molecule has 0 heterocycles. The monoisotopic (exact) mass is 527 g/mol. The van der Waals surface area contributed by atoms with Crippen LogP contribution in [0.15, 0.2) is 0 Å². The van der Waals surface area contributed by atoms with Gasteiger partial charge in [-0.1, -0.05) is 144 Å². The number of halogens is 3. The molecule has 0 aromatic rings. The minimum absolute atomic E-state index is 0.145. The standard InChI is InChI=1S/C8H18.C7H16.C6H11F3.2C6H14/c1-7(2)6-8(3,4)5;1-6(2)7(3,4)5;1-5(2)3-4-6(7,8)9;1-5(2)6(3)4;1-4-5-6(2)3/h7H,6H2,1-5H3;6H,1-5H3;5H,3-4H2,1-2H3;5-6H,1-4H3;6H,4-5H2,1-3H3. The van der Waals surface area contributed by atoms with Gasteiger partial charge in [0, 0.05) is 6.42 Å². The minimum Gasteiger partial charge on any atom is -0.171 e. The molecule has 0 radical (unpaired) electrons. The predicted octanol–water partition coefficient (Wildman–Crippen LogP) is 13.5. The zero-order valence-corrected chi connectivity index (χ0v) is 28.6. The topological polar surface area (TPSA) is 0 Å². The average Bonchev–Trinajstić information content (AvgIpc) is 2.58. The second-order valence-electron chi connectivity index (χ2n) is 14.9. The Morgan fingerprint density at radius 1 is 0.528 bits per heavy atom. The summed E-state index contributed by atoms with van der Waals surface area (Å²) < 4.78 is 34.2. The molecular formula is C33H73F3. The zero-order valence-electron chi connectivity index (χ0n) is 28.6. The largest absolute Gasteiger partial charge is 0.389 e. The van der Waals surface area contributed by atoms with Crippen LogP contribution in [-0.4, -0.2) is 6.18 Å². The van der Waals surface area contributed by atoms with E-state index in [-0.39, 0.29) is 12.3 Å². The van der Waals surface area contributed by atoms with Gasteiger partial charge in [0.1, 0.15) is 0 Å². The van der Waals surface area contributed by atoms with Gasteiger partial charge in [-0.2, -0.15) is 13.2 Å². The van der Waals surface area contributed by atoms with Gasteiger partial charge in [0.25, 0.3) is 0 Å². The van der Waals surface area contributed by atoms with Crippen LogP contribution in [-0.2, 0) is 0 Å². The van der Waals surface area contributed by atoms with Crippen molar-refractivity contribution in [3.8, 4) is 0 Å². The van der Waals surface area contributed by atoms with Gasteiger partial charge in [-0.25, -0.2) is 0 Å². The second-order valence-corrected chi connectivity index (χ2v) is 14.9. The highest BCUT2D eigenvalue weighted by Crippen LogP contribution is 2.24. The molecule has 0 saturated heterocycles. The lowest BCUT2D eigenvalue weighted by Gasteiger charge is -2.22. The van der Waals surface area contributed by atoms with E-state index in [1.807, 2.05) is 0 Å². The Kier molecular flexibility index (Phi) is 30.3. The van der Waals surface area contributed by atoms with Crippen molar-refractivity contribution in [3.63, 3.8) is 0 Å². The Morgan fingerprint density at radius 3 is 0.861 bits per heavy atom. The first kappa shape index (κ1) is 45.7. The summed E-state index contributed by atoms with van der Waals surface area (Å²) in [5, 5.41) is 0. The molecule has 3 heteroatoms. The van der Waals surface area contributed by atoms with Crippen LogP contribution in [0.5, 0.6) is 0 Å². The Balaban J connectivity index is -0.000000112. The van der Waals surface area contributed by atoms with E-state index < -0.39 is 12.6 Å². The molecule has 0 aromatic carbocycles. The first-order valence-electron chi connectivity index (χ1n) is 14.8. The van der Waals surface area contributed by atoms with Gasteiger partial charge in [-0.3, -0.25) is 0 Å². The second kappa shape index (κ2) is 23.9. The first-order valence-corrected chi connectivity index (χ1v) is 14.8. The summed E-state index contributed by atoms with van der Waals surface area (Å²) in [5.41, 5.74) is 1.02. The molecule has 0 fully saturated rings. The normalized spacial score (nSPS) is 12.0.